The summed E-state index contributed by atoms with van der Waals surface area (Å²) in [5, 5.41) is 7.18. The van der Waals surface area contributed by atoms with Gasteiger partial charge in [-0.3, -0.25) is 0 Å². The van der Waals surface area contributed by atoms with Gasteiger partial charge in [0.1, 0.15) is 18.0 Å². The smallest absolute Gasteiger partial charge is 0.135 e. The third kappa shape index (κ3) is 3.96. The quantitative estimate of drug-likeness (QED) is 0.798. The molecule has 0 aliphatic heterocycles. The average Bonchev–Trinajstić information content (AvgIpc) is 2.45. The van der Waals surface area contributed by atoms with Crippen LogP contribution in [0, 0.1) is 0 Å². The van der Waals surface area contributed by atoms with E-state index in [4.69, 9.17) is 27.9 Å². The molecule has 20 heavy (non-hydrogen) atoms. The van der Waals surface area contributed by atoms with Crippen molar-refractivity contribution in [2.75, 3.05) is 30.9 Å². The zero-order chi connectivity index (χ0) is 14.4. The molecule has 0 atom stereocenters. The van der Waals surface area contributed by atoms with E-state index in [0.29, 0.717) is 40.5 Å². The lowest BCUT2D eigenvalue weighted by molar-refractivity contribution is 0.210. The highest BCUT2D eigenvalue weighted by atomic mass is 35.5. The first-order valence-electron chi connectivity index (χ1n) is 5.96. The van der Waals surface area contributed by atoms with Crippen LogP contribution >= 0.6 is 23.2 Å². The van der Waals surface area contributed by atoms with Gasteiger partial charge < -0.3 is 15.4 Å². The maximum atomic E-state index is 6.12. The molecule has 0 aliphatic rings. The molecule has 1 aromatic carbocycles. The molecule has 0 fully saturated rings. The molecule has 2 aromatic rings. The third-order valence-electron chi connectivity index (χ3n) is 2.49. The Balaban J connectivity index is 2.09. The predicted molar refractivity (Wildman–Crippen MR) is 82.1 cm³/mol. The van der Waals surface area contributed by atoms with Gasteiger partial charge in [0.05, 0.1) is 22.3 Å². The molecule has 0 saturated carbocycles. The largest absolute Gasteiger partial charge is 0.383 e. The minimum Gasteiger partial charge on any atom is -0.383 e. The molecule has 0 saturated heterocycles. The summed E-state index contributed by atoms with van der Waals surface area (Å²) in [4.78, 5) is 8.25. The Morgan fingerprint density at radius 1 is 1.20 bits per heavy atom. The SMILES string of the molecule is COCCNc1cc(Nc2cccc(Cl)c2Cl)ncn1. The van der Waals surface area contributed by atoms with E-state index in [-0.39, 0.29) is 0 Å². The third-order valence-corrected chi connectivity index (χ3v) is 3.31. The highest BCUT2D eigenvalue weighted by molar-refractivity contribution is 6.43. The first-order chi connectivity index (χ1) is 9.70. The highest BCUT2D eigenvalue weighted by Crippen LogP contribution is 2.31. The summed E-state index contributed by atoms with van der Waals surface area (Å²) in [7, 11) is 1.65. The number of ether oxygens (including phenoxy) is 1. The zero-order valence-corrected chi connectivity index (χ0v) is 12.4. The van der Waals surface area contributed by atoms with Crippen LogP contribution in [0.1, 0.15) is 0 Å². The summed E-state index contributed by atoms with van der Waals surface area (Å²) in [6, 6.07) is 7.16. The summed E-state index contributed by atoms with van der Waals surface area (Å²) in [5.74, 6) is 1.33. The maximum absolute atomic E-state index is 6.12. The van der Waals surface area contributed by atoms with Crippen LogP contribution in [0.25, 0.3) is 0 Å². The highest BCUT2D eigenvalue weighted by Gasteiger charge is 2.05. The molecule has 0 spiro atoms. The van der Waals surface area contributed by atoms with E-state index < -0.39 is 0 Å². The molecule has 0 radical (unpaired) electrons. The average molecular weight is 313 g/mol. The monoisotopic (exact) mass is 312 g/mol. The Morgan fingerprint density at radius 2 is 2.00 bits per heavy atom. The van der Waals surface area contributed by atoms with Crippen molar-refractivity contribution in [2.45, 2.75) is 0 Å². The van der Waals surface area contributed by atoms with Crippen LogP contribution in [0.4, 0.5) is 17.3 Å². The van der Waals surface area contributed by atoms with Gasteiger partial charge in [0.25, 0.3) is 0 Å². The molecular formula is C13H14Cl2N4O. The van der Waals surface area contributed by atoms with Crippen LogP contribution < -0.4 is 10.6 Å². The minimum absolute atomic E-state index is 0.460. The van der Waals surface area contributed by atoms with Crippen LogP contribution in [0.5, 0.6) is 0 Å². The number of hydrogen-bond donors (Lipinski definition) is 2. The number of hydrogen-bond acceptors (Lipinski definition) is 5. The number of nitrogens with one attached hydrogen (secondary N) is 2. The lowest BCUT2D eigenvalue weighted by atomic mass is 10.3. The fraction of sp³-hybridized carbons (Fsp3) is 0.231. The number of nitrogens with zero attached hydrogens (tertiary/aromatic N) is 2. The number of aromatic nitrogens is 2. The van der Waals surface area contributed by atoms with Crippen molar-refractivity contribution in [1.82, 2.24) is 9.97 Å². The fourth-order valence-corrected chi connectivity index (χ4v) is 1.89. The molecule has 0 aliphatic carbocycles. The van der Waals surface area contributed by atoms with Gasteiger partial charge in [-0.05, 0) is 12.1 Å². The number of halogens is 2. The van der Waals surface area contributed by atoms with Crippen LogP contribution in [0.2, 0.25) is 10.0 Å². The van der Waals surface area contributed by atoms with Gasteiger partial charge in [0.2, 0.25) is 0 Å². The van der Waals surface area contributed by atoms with Gasteiger partial charge in [0, 0.05) is 19.7 Å². The molecular weight excluding hydrogens is 299 g/mol. The molecule has 0 bridgehead atoms. The van der Waals surface area contributed by atoms with E-state index in [1.54, 1.807) is 19.2 Å². The van der Waals surface area contributed by atoms with Gasteiger partial charge in [-0.2, -0.15) is 0 Å². The molecule has 2 rings (SSSR count). The Kier molecular flexibility index (Phi) is 5.40. The topological polar surface area (TPSA) is 59.1 Å². The second-order valence-electron chi connectivity index (χ2n) is 3.93. The van der Waals surface area contributed by atoms with E-state index in [1.165, 1.54) is 6.33 Å². The zero-order valence-electron chi connectivity index (χ0n) is 10.9. The molecule has 1 aromatic heterocycles. The number of methoxy groups -OCH3 is 1. The maximum Gasteiger partial charge on any atom is 0.135 e. The first kappa shape index (κ1) is 14.8. The van der Waals surface area contributed by atoms with Gasteiger partial charge in [-0.1, -0.05) is 29.3 Å². The van der Waals surface area contributed by atoms with E-state index in [2.05, 4.69) is 20.6 Å². The standard InChI is InChI=1S/C13H14Cl2N4O/c1-20-6-5-16-11-7-12(18-8-17-11)19-10-4-2-3-9(14)13(10)15/h2-4,7-8H,5-6H2,1H3,(H2,16,17,18,19). The van der Waals surface area contributed by atoms with Crippen LogP contribution in [-0.2, 0) is 4.74 Å². The Morgan fingerprint density at radius 3 is 2.80 bits per heavy atom. The summed E-state index contributed by atoms with van der Waals surface area (Å²) < 4.78 is 4.96. The van der Waals surface area contributed by atoms with Crippen LogP contribution in [-0.4, -0.2) is 30.2 Å². The summed E-state index contributed by atoms with van der Waals surface area (Å²) >= 11 is 12.1. The Hall–Kier alpha value is -1.56. The van der Waals surface area contributed by atoms with E-state index >= 15 is 0 Å². The second kappa shape index (κ2) is 7.28. The first-order valence-corrected chi connectivity index (χ1v) is 6.72. The second-order valence-corrected chi connectivity index (χ2v) is 4.72. The molecule has 106 valence electrons. The minimum atomic E-state index is 0.460. The van der Waals surface area contributed by atoms with E-state index in [9.17, 15) is 0 Å². The van der Waals surface area contributed by atoms with Gasteiger partial charge in [0.15, 0.2) is 0 Å². The van der Waals surface area contributed by atoms with Crippen molar-refractivity contribution in [3.05, 3.63) is 40.6 Å². The molecule has 0 unspecified atom stereocenters. The Labute approximate surface area is 127 Å². The normalized spacial score (nSPS) is 10.3. The molecule has 0 amide bonds. The molecule has 5 nitrogen and oxygen atoms in total. The number of benzene rings is 1. The van der Waals surface area contributed by atoms with Gasteiger partial charge in [-0.25, -0.2) is 9.97 Å². The lowest BCUT2D eigenvalue weighted by Crippen LogP contribution is -2.09. The van der Waals surface area contributed by atoms with Crippen molar-refractivity contribution in [3.8, 4) is 0 Å². The number of anilines is 3. The van der Waals surface area contributed by atoms with Crippen LogP contribution in [0.3, 0.4) is 0 Å². The van der Waals surface area contributed by atoms with Crippen molar-refractivity contribution in [1.29, 1.82) is 0 Å². The molecule has 2 N–H and O–H groups in total. The van der Waals surface area contributed by atoms with Gasteiger partial charge in [-0.15, -0.1) is 0 Å². The van der Waals surface area contributed by atoms with E-state index in [1.807, 2.05) is 12.1 Å². The van der Waals surface area contributed by atoms with Gasteiger partial charge >= 0.3 is 0 Å². The van der Waals surface area contributed by atoms with Crippen molar-refractivity contribution in [3.63, 3.8) is 0 Å². The number of rotatable bonds is 6. The summed E-state index contributed by atoms with van der Waals surface area (Å²) in [5.41, 5.74) is 0.695. The lowest BCUT2D eigenvalue weighted by Gasteiger charge is -2.10. The van der Waals surface area contributed by atoms with Crippen LogP contribution in [0.15, 0.2) is 30.6 Å². The molecule has 1 heterocycles. The fourth-order valence-electron chi connectivity index (χ4n) is 1.54. The van der Waals surface area contributed by atoms with E-state index in [0.717, 1.165) is 0 Å². The predicted octanol–water partition coefficient (Wildman–Crippen LogP) is 3.59. The van der Waals surface area contributed by atoms with Crippen molar-refractivity contribution < 1.29 is 4.74 Å². The Bertz CT molecular complexity index is 580. The summed E-state index contributed by atoms with van der Waals surface area (Å²) in [6.07, 6.45) is 1.47. The molecule has 7 heteroatoms. The van der Waals surface area contributed by atoms with Crippen molar-refractivity contribution >= 4 is 40.5 Å². The summed E-state index contributed by atoms with van der Waals surface area (Å²) in [6.45, 7) is 1.28. The van der Waals surface area contributed by atoms with Crippen molar-refractivity contribution in [2.24, 2.45) is 0 Å².